The van der Waals surface area contributed by atoms with Gasteiger partial charge in [0.1, 0.15) is 0 Å². The van der Waals surface area contributed by atoms with Crippen LogP contribution in [0, 0.1) is 23.7 Å². The van der Waals surface area contributed by atoms with Gasteiger partial charge in [-0.2, -0.15) is 0 Å². The number of ether oxygens (including phenoxy) is 1. The fourth-order valence-corrected chi connectivity index (χ4v) is 7.60. The molecule has 228 valence electrons. The van der Waals surface area contributed by atoms with Crippen molar-refractivity contribution in [2.45, 2.75) is 116 Å². The average molecular weight is 561 g/mol. The zero-order chi connectivity index (χ0) is 29.2. The summed E-state index contributed by atoms with van der Waals surface area (Å²) in [7, 11) is 4.70. The van der Waals surface area contributed by atoms with E-state index in [1.165, 1.54) is 88.4 Å². The second kappa shape index (κ2) is 16.2. The van der Waals surface area contributed by atoms with Gasteiger partial charge in [-0.05, 0) is 100 Å². The van der Waals surface area contributed by atoms with Gasteiger partial charge >= 0.3 is 0 Å². The maximum Gasteiger partial charge on any atom is 0.0861 e. The van der Waals surface area contributed by atoms with Crippen LogP contribution in [0.15, 0.2) is 60.7 Å². The quantitative estimate of drug-likeness (QED) is 0.229. The van der Waals surface area contributed by atoms with Crippen LogP contribution >= 0.6 is 0 Å². The van der Waals surface area contributed by atoms with E-state index in [1.807, 2.05) is 0 Å². The molecular formula is C38H60N2O. The van der Waals surface area contributed by atoms with Gasteiger partial charge in [0.25, 0.3) is 0 Å². The van der Waals surface area contributed by atoms with E-state index in [2.05, 4.69) is 112 Å². The molecule has 41 heavy (non-hydrogen) atoms. The molecule has 0 heterocycles. The van der Waals surface area contributed by atoms with Crippen molar-refractivity contribution in [3.05, 3.63) is 71.8 Å². The molecular weight excluding hydrogens is 500 g/mol. The number of hydrogen-bond acceptors (Lipinski definition) is 3. The van der Waals surface area contributed by atoms with Crippen LogP contribution in [-0.4, -0.2) is 49.1 Å². The van der Waals surface area contributed by atoms with Gasteiger partial charge in [0.2, 0.25) is 0 Å². The summed E-state index contributed by atoms with van der Waals surface area (Å²) in [6.07, 6.45) is 13.0. The zero-order valence-corrected chi connectivity index (χ0v) is 27.2. The van der Waals surface area contributed by atoms with Crippen molar-refractivity contribution in [1.29, 1.82) is 0 Å². The fraction of sp³-hybridized carbons (Fsp3) is 0.684. The van der Waals surface area contributed by atoms with E-state index in [0.717, 1.165) is 11.8 Å². The Bertz CT molecular complexity index is 885. The van der Waals surface area contributed by atoms with Crippen LogP contribution in [0.5, 0.6) is 0 Å². The third kappa shape index (κ3) is 9.15. The second-order valence-corrected chi connectivity index (χ2v) is 13.8. The van der Waals surface area contributed by atoms with Crippen molar-refractivity contribution in [2.24, 2.45) is 23.7 Å². The zero-order valence-electron chi connectivity index (χ0n) is 27.2. The van der Waals surface area contributed by atoms with Gasteiger partial charge < -0.3 is 14.5 Å². The predicted octanol–water partition coefficient (Wildman–Crippen LogP) is 9.56. The standard InChI is InChI=1S/C38H60N2O/c1-7-29(3)27-39(5)35-23-19-33(20-24-35)37(31-15-11-9-12-16-31)41-38(32-17-13-10-14-18-32)34-21-25-36(26-22-34)40(6)28-30(4)8-2/h9-18,29-30,33-38H,7-8,19-28H2,1-6H3/t29-,30-,33-,34-,35-,36-,37?,38?/m0/s1. The van der Waals surface area contributed by atoms with Crippen LogP contribution < -0.4 is 0 Å². The summed E-state index contributed by atoms with van der Waals surface area (Å²) < 4.78 is 7.43. The molecule has 0 saturated heterocycles. The van der Waals surface area contributed by atoms with Crippen LogP contribution in [0.2, 0.25) is 0 Å². The Kier molecular flexibility index (Phi) is 12.8. The largest absolute Gasteiger partial charge is 0.365 e. The Morgan fingerprint density at radius 2 is 0.927 bits per heavy atom. The summed E-state index contributed by atoms with van der Waals surface area (Å²) in [6.45, 7) is 11.9. The minimum absolute atomic E-state index is 0.160. The van der Waals surface area contributed by atoms with Crippen LogP contribution in [0.25, 0.3) is 0 Å². The smallest absolute Gasteiger partial charge is 0.0861 e. The third-order valence-corrected chi connectivity index (χ3v) is 10.7. The lowest BCUT2D eigenvalue weighted by Crippen LogP contribution is -2.39. The lowest BCUT2D eigenvalue weighted by atomic mass is 9.78. The van der Waals surface area contributed by atoms with E-state index in [1.54, 1.807) is 0 Å². The predicted molar refractivity (Wildman–Crippen MR) is 175 cm³/mol. The van der Waals surface area contributed by atoms with Crippen molar-refractivity contribution in [1.82, 2.24) is 9.80 Å². The molecule has 2 aliphatic carbocycles. The Labute approximate surface area is 253 Å². The Morgan fingerprint density at radius 1 is 0.585 bits per heavy atom. The topological polar surface area (TPSA) is 15.7 Å². The molecule has 2 saturated carbocycles. The molecule has 0 amide bonds. The molecule has 0 N–H and O–H groups in total. The summed E-state index contributed by atoms with van der Waals surface area (Å²) in [5.74, 6) is 2.70. The molecule has 4 rings (SSSR count). The lowest BCUT2D eigenvalue weighted by molar-refractivity contribution is -0.0922. The highest BCUT2D eigenvalue weighted by Gasteiger charge is 2.36. The minimum Gasteiger partial charge on any atom is -0.365 e. The van der Waals surface area contributed by atoms with Gasteiger partial charge in [-0.3, -0.25) is 0 Å². The lowest BCUT2D eigenvalue weighted by Gasteiger charge is -2.42. The van der Waals surface area contributed by atoms with Gasteiger partial charge in [0, 0.05) is 25.2 Å². The highest BCUT2D eigenvalue weighted by Crippen LogP contribution is 2.45. The van der Waals surface area contributed by atoms with Gasteiger partial charge in [-0.25, -0.2) is 0 Å². The van der Waals surface area contributed by atoms with Gasteiger partial charge in [-0.15, -0.1) is 0 Å². The van der Waals surface area contributed by atoms with E-state index in [4.69, 9.17) is 4.74 Å². The number of hydrogen-bond donors (Lipinski definition) is 0. The highest BCUT2D eigenvalue weighted by molar-refractivity contribution is 5.22. The maximum absolute atomic E-state index is 7.43. The molecule has 2 aromatic carbocycles. The van der Waals surface area contributed by atoms with Gasteiger partial charge in [0.05, 0.1) is 12.2 Å². The van der Waals surface area contributed by atoms with Crippen molar-refractivity contribution in [3.63, 3.8) is 0 Å². The molecule has 0 aromatic heterocycles. The van der Waals surface area contributed by atoms with Gasteiger partial charge in [-0.1, -0.05) is 101 Å². The SMILES string of the molecule is CC[C@H](C)CN(C)[C@H]1CC[C@H](C(OC(c2ccccc2)[C@H]2CC[C@H](N(C)C[C@@H](C)CC)CC2)c2ccccc2)CC1. The summed E-state index contributed by atoms with van der Waals surface area (Å²) in [5.41, 5.74) is 2.73. The molecule has 4 atom stereocenters. The minimum atomic E-state index is 0.160. The van der Waals surface area contributed by atoms with Crippen LogP contribution in [-0.2, 0) is 4.74 Å². The average Bonchev–Trinajstić information content (AvgIpc) is 3.02. The van der Waals surface area contributed by atoms with Crippen molar-refractivity contribution < 1.29 is 4.74 Å². The number of nitrogens with zero attached hydrogens (tertiary/aromatic N) is 2. The Morgan fingerprint density at radius 3 is 1.24 bits per heavy atom. The molecule has 2 fully saturated rings. The van der Waals surface area contributed by atoms with E-state index in [-0.39, 0.29) is 12.2 Å². The first kappa shape index (κ1) is 32.2. The van der Waals surface area contributed by atoms with E-state index in [9.17, 15) is 0 Å². The normalized spacial score (nSPS) is 26.5. The van der Waals surface area contributed by atoms with E-state index < -0.39 is 0 Å². The molecule has 0 bridgehead atoms. The van der Waals surface area contributed by atoms with Crippen LogP contribution in [0.1, 0.15) is 115 Å². The molecule has 2 unspecified atom stereocenters. The molecule has 0 radical (unpaired) electrons. The Hall–Kier alpha value is -1.68. The molecule has 0 spiro atoms. The number of benzene rings is 2. The van der Waals surface area contributed by atoms with Crippen LogP contribution in [0.3, 0.4) is 0 Å². The highest BCUT2D eigenvalue weighted by atomic mass is 16.5. The molecule has 2 aromatic rings. The first-order valence-electron chi connectivity index (χ1n) is 17.0. The molecule has 0 aliphatic heterocycles. The molecule has 2 aliphatic rings. The first-order valence-corrected chi connectivity index (χ1v) is 17.0. The van der Waals surface area contributed by atoms with Gasteiger partial charge in [0.15, 0.2) is 0 Å². The summed E-state index contributed by atoms with van der Waals surface area (Å²) in [5, 5.41) is 0. The van der Waals surface area contributed by atoms with Crippen molar-refractivity contribution in [2.75, 3.05) is 27.2 Å². The van der Waals surface area contributed by atoms with Crippen LogP contribution in [0.4, 0.5) is 0 Å². The van der Waals surface area contributed by atoms with Crippen molar-refractivity contribution >= 4 is 0 Å². The number of rotatable bonds is 14. The molecule has 3 heteroatoms. The maximum atomic E-state index is 7.43. The summed E-state index contributed by atoms with van der Waals surface area (Å²) >= 11 is 0. The van der Waals surface area contributed by atoms with Crippen molar-refractivity contribution in [3.8, 4) is 0 Å². The second-order valence-electron chi connectivity index (χ2n) is 13.8. The third-order valence-electron chi connectivity index (χ3n) is 10.7. The summed E-state index contributed by atoms with van der Waals surface area (Å²) in [6, 6.07) is 23.8. The summed E-state index contributed by atoms with van der Waals surface area (Å²) in [4.78, 5) is 5.29. The van der Waals surface area contributed by atoms with E-state index in [0.29, 0.717) is 23.9 Å². The monoisotopic (exact) mass is 560 g/mol. The molecule has 3 nitrogen and oxygen atoms in total. The Balaban J connectivity index is 1.48. The first-order chi connectivity index (χ1) is 19.9. The van der Waals surface area contributed by atoms with E-state index >= 15 is 0 Å². The fourth-order valence-electron chi connectivity index (χ4n) is 7.60.